The van der Waals surface area contributed by atoms with Gasteiger partial charge >= 0.3 is 0 Å². The summed E-state index contributed by atoms with van der Waals surface area (Å²) >= 11 is 0. The molecule has 0 radical (unpaired) electrons. The molecule has 0 aliphatic heterocycles. The molecule has 1 spiro atoms. The van der Waals surface area contributed by atoms with E-state index in [0.717, 1.165) is 29.6 Å². The van der Waals surface area contributed by atoms with Crippen LogP contribution in [-0.4, -0.2) is 0 Å². The van der Waals surface area contributed by atoms with Gasteiger partial charge in [-0.05, 0) is 165 Å². The van der Waals surface area contributed by atoms with Gasteiger partial charge in [-0.25, -0.2) is 0 Å². The van der Waals surface area contributed by atoms with Crippen molar-refractivity contribution in [2.45, 2.75) is 95.3 Å². The predicted molar refractivity (Wildman–Crippen MR) is 225 cm³/mol. The first-order valence-electron chi connectivity index (χ1n) is 21.5. The van der Waals surface area contributed by atoms with Gasteiger partial charge in [0.15, 0.2) is 0 Å². The van der Waals surface area contributed by atoms with E-state index in [0.29, 0.717) is 23.2 Å². The van der Waals surface area contributed by atoms with Gasteiger partial charge in [0.1, 0.15) is 0 Å². The quantitative estimate of drug-likeness (QED) is 0.170. The second-order valence-electron chi connectivity index (χ2n) is 19.2. The fraction of sp³-hybridized carbons (Fsp3) is 0.396. The topological polar surface area (TPSA) is 3.24 Å². The lowest BCUT2D eigenvalue weighted by molar-refractivity contribution is -0.105. The lowest BCUT2D eigenvalue weighted by Gasteiger charge is -2.62. The third-order valence-corrected chi connectivity index (χ3v) is 16.4. The molecular formula is C53H53N. The molecule has 0 bridgehead atoms. The third kappa shape index (κ3) is 4.28. The first-order valence-corrected chi connectivity index (χ1v) is 21.5. The van der Waals surface area contributed by atoms with Crippen molar-refractivity contribution >= 4 is 33.4 Å². The summed E-state index contributed by atoms with van der Waals surface area (Å²) in [5, 5.41) is 2.72. The molecule has 0 amide bonds. The standard InChI is InChI=1S/C53H53N/c1-32-16-26-45-43-27-25-41(30-47(43)52(2,3)51(45)48(32)44-15-9-13-35-12-7-8-14-42(35)44)54(39-21-17-34(18-22-39)33-10-5-4-6-11-33)40-23-19-36(20-24-40)49-46-29-37-28-38-31-53(38,49)50(37)46/h7-9,12-27,30,32-33,37-38,46,48-50H,4-6,10-11,28-29,31H2,1-3H3/t32?,37?,38?,46?,48?,49?,50-,53?/m1/s1. The summed E-state index contributed by atoms with van der Waals surface area (Å²) in [4.78, 5) is 2.56. The van der Waals surface area contributed by atoms with Crippen LogP contribution in [0.5, 0.6) is 0 Å². The zero-order valence-electron chi connectivity index (χ0n) is 32.3. The summed E-state index contributed by atoms with van der Waals surface area (Å²) in [5.74, 6) is 6.41. The van der Waals surface area contributed by atoms with Crippen molar-refractivity contribution in [1.82, 2.24) is 0 Å². The molecule has 5 saturated carbocycles. The van der Waals surface area contributed by atoms with Gasteiger partial charge in [0, 0.05) is 28.4 Å². The van der Waals surface area contributed by atoms with Gasteiger partial charge in [-0.1, -0.05) is 125 Å². The first-order chi connectivity index (χ1) is 26.4. The Morgan fingerprint density at radius 2 is 1.43 bits per heavy atom. The van der Waals surface area contributed by atoms with Crippen LogP contribution in [0.3, 0.4) is 0 Å². The number of rotatable bonds is 6. The van der Waals surface area contributed by atoms with Gasteiger partial charge < -0.3 is 4.90 Å². The van der Waals surface area contributed by atoms with E-state index < -0.39 is 0 Å². The van der Waals surface area contributed by atoms with Crippen molar-refractivity contribution in [2.24, 2.45) is 35.0 Å². The van der Waals surface area contributed by atoms with Gasteiger partial charge in [-0.15, -0.1) is 0 Å². The molecule has 5 aromatic rings. The van der Waals surface area contributed by atoms with Crippen LogP contribution in [0.2, 0.25) is 0 Å². The number of hydrogen-bond donors (Lipinski definition) is 0. The van der Waals surface area contributed by atoms with Crippen molar-refractivity contribution in [2.75, 3.05) is 4.90 Å². The van der Waals surface area contributed by atoms with Crippen LogP contribution >= 0.6 is 0 Å². The van der Waals surface area contributed by atoms with E-state index in [9.17, 15) is 0 Å². The minimum absolute atomic E-state index is 0.107. The van der Waals surface area contributed by atoms with E-state index >= 15 is 0 Å². The summed E-state index contributed by atoms with van der Waals surface area (Å²) in [7, 11) is 0. The lowest BCUT2D eigenvalue weighted by Crippen LogP contribution is -2.56. The normalized spacial score (nSPS) is 32.3. The van der Waals surface area contributed by atoms with Crippen molar-refractivity contribution < 1.29 is 0 Å². The van der Waals surface area contributed by atoms with E-state index in [-0.39, 0.29) is 5.41 Å². The maximum absolute atomic E-state index is 2.56. The fourth-order valence-electron chi connectivity index (χ4n) is 14.1. The van der Waals surface area contributed by atoms with Gasteiger partial charge in [0.05, 0.1) is 0 Å². The molecule has 54 heavy (non-hydrogen) atoms. The second-order valence-corrected chi connectivity index (χ2v) is 19.2. The summed E-state index contributed by atoms with van der Waals surface area (Å²) in [5.41, 5.74) is 14.9. The first kappa shape index (κ1) is 31.9. The van der Waals surface area contributed by atoms with Crippen LogP contribution in [0, 0.1) is 35.0 Å². The Morgan fingerprint density at radius 3 is 2.22 bits per heavy atom. The van der Waals surface area contributed by atoms with E-state index in [1.165, 1.54) is 107 Å². The molecule has 7 aliphatic rings. The van der Waals surface area contributed by atoms with Crippen LogP contribution in [0.1, 0.15) is 118 Å². The van der Waals surface area contributed by atoms with Crippen LogP contribution in [0.15, 0.2) is 127 Å². The smallest absolute Gasteiger partial charge is 0.0465 e. The van der Waals surface area contributed by atoms with E-state index in [1.54, 1.807) is 11.1 Å². The van der Waals surface area contributed by atoms with Crippen molar-refractivity contribution in [1.29, 1.82) is 0 Å². The molecule has 7 aliphatic carbocycles. The monoisotopic (exact) mass is 703 g/mol. The Balaban J connectivity index is 0.938. The summed E-state index contributed by atoms with van der Waals surface area (Å²) in [6.45, 7) is 7.40. The van der Waals surface area contributed by atoms with E-state index in [4.69, 9.17) is 0 Å². The van der Waals surface area contributed by atoms with Crippen LogP contribution in [0.4, 0.5) is 17.1 Å². The third-order valence-electron chi connectivity index (χ3n) is 16.4. The van der Waals surface area contributed by atoms with Crippen LogP contribution < -0.4 is 4.90 Å². The maximum atomic E-state index is 2.56. The highest BCUT2D eigenvalue weighted by Gasteiger charge is 2.83. The van der Waals surface area contributed by atoms with E-state index in [1.807, 2.05) is 0 Å². The fourth-order valence-corrected chi connectivity index (χ4v) is 14.1. The number of hydrogen-bond acceptors (Lipinski definition) is 1. The number of fused-ring (bicyclic) bond motifs is 3. The Hall–Kier alpha value is -4.36. The highest BCUT2D eigenvalue weighted by molar-refractivity contribution is 5.93. The van der Waals surface area contributed by atoms with Gasteiger partial charge in [0.25, 0.3) is 0 Å². The zero-order chi connectivity index (χ0) is 35.9. The molecule has 0 saturated heterocycles. The molecule has 0 aromatic heterocycles. The van der Waals surface area contributed by atoms with E-state index in [2.05, 4.69) is 147 Å². The highest BCUT2D eigenvalue weighted by atomic mass is 15.1. The molecule has 7 unspecified atom stereocenters. The van der Waals surface area contributed by atoms with Crippen molar-refractivity contribution in [3.8, 4) is 0 Å². The molecule has 1 heteroatoms. The Labute approximate surface area is 322 Å². The molecule has 5 aromatic carbocycles. The number of nitrogens with zero attached hydrogens (tertiary/aromatic N) is 1. The molecule has 12 rings (SSSR count). The number of anilines is 3. The highest BCUT2D eigenvalue weighted by Crippen LogP contribution is 2.90. The Morgan fingerprint density at radius 1 is 0.704 bits per heavy atom. The van der Waals surface area contributed by atoms with Gasteiger partial charge in [-0.3, -0.25) is 0 Å². The van der Waals surface area contributed by atoms with Gasteiger partial charge in [0.2, 0.25) is 0 Å². The van der Waals surface area contributed by atoms with Crippen molar-refractivity contribution in [3.63, 3.8) is 0 Å². The SMILES string of the molecule is CC1C=CC2=C(C1c1cccc3ccccc13)C(C)(C)c1cc(N(c3ccc(C4CCCCC4)cc3)c3ccc(C4C5CC6CC7CC74[C@H]65)cc3)ccc12. The van der Waals surface area contributed by atoms with Crippen LogP contribution in [0.25, 0.3) is 16.3 Å². The zero-order valence-corrected chi connectivity index (χ0v) is 32.3. The summed E-state index contributed by atoms with van der Waals surface area (Å²) in [6, 6.07) is 43.0. The average Bonchev–Trinajstić information content (AvgIpc) is 3.84. The molecule has 5 fully saturated rings. The summed E-state index contributed by atoms with van der Waals surface area (Å²) < 4.78 is 0. The minimum Gasteiger partial charge on any atom is -0.310 e. The molecular weight excluding hydrogens is 651 g/mol. The Bertz CT molecular complexity index is 2380. The molecule has 0 N–H and O–H groups in total. The van der Waals surface area contributed by atoms with Gasteiger partial charge in [-0.2, -0.15) is 0 Å². The molecule has 0 heterocycles. The number of allylic oxidation sites excluding steroid dienone is 4. The molecule has 1 nitrogen and oxygen atoms in total. The van der Waals surface area contributed by atoms with Crippen LogP contribution in [-0.2, 0) is 5.41 Å². The minimum atomic E-state index is -0.107. The second kappa shape index (κ2) is 11.3. The summed E-state index contributed by atoms with van der Waals surface area (Å²) in [6.07, 6.45) is 16.2. The number of benzene rings is 5. The molecule has 270 valence electrons. The lowest BCUT2D eigenvalue weighted by atomic mass is 9.41. The largest absolute Gasteiger partial charge is 0.310 e. The average molecular weight is 704 g/mol. The molecule has 8 atom stereocenters. The predicted octanol–water partition coefficient (Wildman–Crippen LogP) is 14.2. The maximum Gasteiger partial charge on any atom is 0.0465 e. The Kier molecular flexibility index (Phi) is 6.71. The van der Waals surface area contributed by atoms with Crippen molar-refractivity contribution in [3.05, 3.63) is 155 Å².